The maximum Gasteiger partial charge on any atom is 0.222 e. The van der Waals surface area contributed by atoms with Crippen molar-refractivity contribution in [2.45, 2.75) is 44.3 Å². The first-order chi connectivity index (χ1) is 13.4. The smallest absolute Gasteiger partial charge is 0.222 e. The Morgan fingerprint density at radius 2 is 1.90 bits per heavy atom. The molecule has 0 aliphatic carbocycles. The molecule has 0 spiro atoms. The van der Waals surface area contributed by atoms with Crippen molar-refractivity contribution in [3.63, 3.8) is 0 Å². The summed E-state index contributed by atoms with van der Waals surface area (Å²) < 4.78 is 44.2. The number of aliphatic hydroxyl groups is 1. The second-order valence-corrected chi connectivity index (χ2v) is 9.14. The second-order valence-electron chi connectivity index (χ2n) is 7.15. The Labute approximate surface area is 170 Å². The van der Waals surface area contributed by atoms with Crippen LogP contribution >= 0.6 is 0 Å². The highest BCUT2D eigenvalue weighted by Crippen LogP contribution is 2.27. The van der Waals surface area contributed by atoms with Gasteiger partial charge in [0.1, 0.15) is 5.82 Å². The van der Waals surface area contributed by atoms with Crippen molar-refractivity contribution in [2.75, 3.05) is 5.75 Å². The van der Waals surface area contributed by atoms with Crippen LogP contribution in [0.2, 0.25) is 0 Å². The van der Waals surface area contributed by atoms with E-state index in [0.717, 1.165) is 24.3 Å². The molecule has 1 atom stereocenters. The summed E-state index contributed by atoms with van der Waals surface area (Å²) in [5, 5.41) is 10.9. The Morgan fingerprint density at radius 1 is 1.28 bits per heavy atom. The van der Waals surface area contributed by atoms with E-state index in [1.54, 1.807) is 39.0 Å². The van der Waals surface area contributed by atoms with Crippen LogP contribution < -0.4 is 0 Å². The minimum Gasteiger partial charge on any atom is -0.476 e. The molecule has 0 aliphatic rings. The second kappa shape index (κ2) is 8.72. The quantitative estimate of drug-likeness (QED) is 0.327. The number of nitrogens with zero attached hydrogens (tertiary/aromatic N) is 2. The summed E-state index contributed by atoms with van der Waals surface area (Å²) in [4.78, 5) is 7.60. The number of aliphatic imine (C=N–C) groups is 1. The molecule has 0 aliphatic heterocycles. The lowest BCUT2D eigenvalue weighted by molar-refractivity contribution is 0.100. The van der Waals surface area contributed by atoms with Crippen LogP contribution in [0.1, 0.15) is 26.3 Å². The lowest BCUT2D eigenvalue weighted by atomic mass is 10.1. The van der Waals surface area contributed by atoms with Crippen LogP contribution in [0, 0.1) is 19.3 Å². The molecule has 1 unspecified atom stereocenters. The molecule has 2 rings (SSSR count). The number of ether oxygens (including phenoxy) is 1. The van der Waals surface area contributed by atoms with Gasteiger partial charge in [-0.1, -0.05) is 6.07 Å². The monoisotopic (exact) mass is 418 g/mol. The fraction of sp³-hybridized carbons (Fsp3) is 0.333. The minimum absolute atomic E-state index is 0.111. The Hall–Kier alpha value is -2.76. The first-order valence-electron chi connectivity index (χ1n) is 8.89. The van der Waals surface area contributed by atoms with Gasteiger partial charge in [-0.2, -0.15) is 0 Å². The van der Waals surface area contributed by atoms with Gasteiger partial charge < -0.3 is 9.84 Å². The number of sulfone groups is 1. The highest BCUT2D eigenvalue weighted by molar-refractivity contribution is 7.91. The minimum atomic E-state index is -3.94. The molecule has 6 nitrogen and oxygen atoms in total. The van der Waals surface area contributed by atoms with Crippen molar-refractivity contribution >= 4 is 27.1 Å². The first kappa shape index (κ1) is 22.5. The van der Waals surface area contributed by atoms with Gasteiger partial charge in [0.05, 0.1) is 29.0 Å². The molecule has 2 aromatic rings. The molecule has 0 aromatic heterocycles. The Balaban J connectivity index is 2.43. The molecule has 0 saturated carbocycles. The van der Waals surface area contributed by atoms with Gasteiger partial charge in [-0.15, -0.1) is 0 Å². The number of hydrogen-bond acceptors (Lipinski definition) is 5. The van der Waals surface area contributed by atoms with Gasteiger partial charge >= 0.3 is 0 Å². The summed E-state index contributed by atoms with van der Waals surface area (Å²) >= 11 is 0. The van der Waals surface area contributed by atoms with Crippen molar-refractivity contribution in [3.05, 3.63) is 65.3 Å². The standard InChI is InChI=1S/C21H23FN2O4S/c1-14(2)28-20(24-17-8-11-19(23-5)15(3)12-17)21(4,25)13-29(26,27)18-9-6-16(22)7-10-18/h6-12,14,25H,13H2,1-4H3. The lowest BCUT2D eigenvalue weighted by Gasteiger charge is -2.26. The van der Waals surface area contributed by atoms with Crippen LogP contribution in [-0.4, -0.2) is 36.9 Å². The number of hydrogen-bond donors (Lipinski definition) is 1. The summed E-state index contributed by atoms with van der Waals surface area (Å²) in [5.74, 6) is -1.41. The molecule has 0 heterocycles. The molecule has 0 fully saturated rings. The third kappa shape index (κ3) is 5.86. The molecule has 0 radical (unpaired) electrons. The van der Waals surface area contributed by atoms with Gasteiger partial charge in [0.25, 0.3) is 0 Å². The zero-order chi connectivity index (χ0) is 21.8. The van der Waals surface area contributed by atoms with Crippen LogP contribution in [0.15, 0.2) is 52.4 Å². The maximum absolute atomic E-state index is 13.1. The van der Waals surface area contributed by atoms with Gasteiger partial charge in [0, 0.05) is 0 Å². The van der Waals surface area contributed by atoms with Crippen molar-refractivity contribution < 1.29 is 22.7 Å². The summed E-state index contributed by atoms with van der Waals surface area (Å²) in [6.07, 6.45) is -0.364. The zero-order valence-electron chi connectivity index (χ0n) is 16.7. The summed E-state index contributed by atoms with van der Waals surface area (Å²) in [7, 11) is -3.94. The number of rotatable bonds is 6. The van der Waals surface area contributed by atoms with E-state index in [4.69, 9.17) is 11.3 Å². The lowest BCUT2D eigenvalue weighted by Crippen LogP contribution is -2.44. The topological polar surface area (TPSA) is 80.3 Å². The normalized spacial score (nSPS) is 14.3. The van der Waals surface area contributed by atoms with Crippen LogP contribution in [0.5, 0.6) is 0 Å². The average Bonchev–Trinajstić information content (AvgIpc) is 2.60. The van der Waals surface area contributed by atoms with Crippen molar-refractivity contribution in [3.8, 4) is 0 Å². The van der Waals surface area contributed by atoms with Crippen molar-refractivity contribution in [1.29, 1.82) is 0 Å². The molecule has 8 heteroatoms. The summed E-state index contributed by atoms with van der Waals surface area (Å²) in [6.45, 7) is 13.6. The molecule has 29 heavy (non-hydrogen) atoms. The van der Waals surface area contributed by atoms with E-state index in [1.165, 1.54) is 6.92 Å². The average molecular weight is 418 g/mol. The summed E-state index contributed by atoms with van der Waals surface area (Å²) in [6, 6.07) is 9.22. The predicted molar refractivity (Wildman–Crippen MR) is 110 cm³/mol. The Morgan fingerprint density at radius 3 is 2.41 bits per heavy atom. The fourth-order valence-electron chi connectivity index (χ4n) is 2.61. The molecular formula is C21H23FN2O4S. The van der Waals surface area contributed by atoms with E-state index in [1.807, 2.05) is 0 Å². The van der Waals surface area contributed by atoms with E-state index in [-0.39, 0.29) is 16.9 Å². The van der Waals surface area contributed by atoms with Gasteiger partial charge in [-0.25, -0.2) is 22.6 Å². The van der Waals surface area contributed by atoms with E-state index >= 15 is 0 Å². The predicted octanol–water partition coefficient (Wildman–Crippen LogP) is 4.36. The zero-order valence-corrected chi connectivity index (χ0v) is 17.5. The maximum atomic E-state index is 13.1. The fourth-order valence-corrected chi connectivity index (χ4v) is 4.19. The first-order valence-corrected chi connectivity index (χ1v) is 10.5. The Kier molecular flexibility index (Phi) is 6.77. The van der Waals surface area contributed by atoms with E-state index < -0.39 is 27.0 Å². The van der Waals surface area contributed by atoms with Crippen LogP contribution in [0.25, 0.3) is 4.85 Å². The molecule has 1 N–H and O–H groups in total. The van der Waals surface area contributed by atoms with Gasteiger partial charge in [0.15, 0.2) is 21.1 Å². The highest BCUT2D eigenvalue weighted by Gasteiger charge is 2.37. The molecule has 0 bridgehead atoms. The molecule has 2 aromatic carbocycles. The van der Waals surface area contributed by atoms with Crippen molar-refractivity contribution in [2.24, 2.45) is 4.99 Å². The van der Waals surface area contributed by atoms with E-state index in [9.17, 15) is 17.9 Å². The third-order valence-corrected chi connectivity index (χ3v) is 5.92. The van der Waals surface area contributed by atoms with E-state index in [0.29, 0.717) is 16.9 Å². The number of halogens is 1. The van der Waals surface area contributed by atoms with Crippen LogP contribution in [-0.2, 0) is 14.6 Å². The molecule has 0 amide bonds. The van der Waals surface area contributed by atoms with Crippen LogP contribution in [0.4, 0.5) is 15.8 Å². The molecule has 0 saturated heterocycles. The summed E-state index contributed by atoms with van der Waals surface area (Å²) in [5.41, 5.74) is -0.348. The van der Waals surface area contributed by atoms with Gasteiger partial charge in [-0.3, -0.25) is 0 Å². The Bertz CT molecular complexity index is 1050. The highest BCUT2D eigenvalue weighted by atomic mass is 32.2. The van der Waals surface area contributed by atoms with Gasteiger partial charge in [-0.05, 0) is 69.7 Å². The molecular weight excluding hydrogens is 395 g/mol. The number of benzene rings is 2. The SMILES string of the molecule is [C-]#[N+]c1ccc(N=C(OC(C)C)C(C)(O)CS(=O)(=O)c2ccc(F)cc2)cc1C. The van der Waals surface area contributed by atoms with Crippen molar-refractivity contribution in [1.82, 2.24) is 0 Å². The molecule has 154 valence electrons. The van der Waals surface area contributed by atoms with Gasteiger partial charge in [0.2, 0.25) is 5.90 Å². The largest absolute Gasteiger partial charge is 0.476 e. The number of aryl methyl sites for hydroxylation is 1. The van der Waals surface area contributed by atoms with Crippen LogP contribution in [0.3, 0.4) is 0 Å². The van der Waals surface area contributed by atoms with E-state index in [2.05, 4.69) is 9.84 Å². The third-order valence-electron chi connectivity index (χ3n) is 3.98.